The Morgan fingerprint density at radius 3 is 0.585 bits per heavy atom. The van der Waals surface area contributed by atoms with Crippen LogP contribution in [0.15, 0.2) is 98.1 Å². The van der Waals surface area contributed by atoms with Gasteiger partial charge in [0.1, 0.15) is 0 Å². The summed E-state index contributed by atoms with van der Waals surface area (Å²) in [6.07, 6.45) is 12.1. The van der Waals surface area contributed by atoms with Gasteiger partial charge in [-0.2, -0.15) is 0 Å². The van der Waals surface area contributed by atoms with Crippen molar-refractivity contribution in [1.82, 2.24) is 19.9 Å². The number of carbonyl (C=O) groups is 4. The minimum atomic E-state index is -10.7. The largest absolute Gasteiger partial charge is 2.00 e. The molecule has 4 aromatic rings. The zero-order valence-corrected chi connectivity index (χ0v) is 29.8. The summed E-state index contributed by atoms with van der Waals surface area (Å²) >= 11 is 0. The zero-order chi connectivity index (χ0) is 39.6. The van der Waals surface area contributed by atoms with Gasteiger partial charge in [0.15, 0.2) is 0 Å². The smallest absolute Gasteiger partial charge is 0.412 e. The molecule has 0 saturated carbocycles. The third-order valence-electron chi connectivity index (χ3n) is 3.78. The molecule has 304 valence electrons. The van der Waals surface area contributed by atoms with Crippen LogP contribution in [0.4, 0.5) is 50.4 Å². The molecule has 0 aromatic carbocycles. The predicted molar refractivity (Wildman–Crippen MR) is 165 cm³/mol. The Morgan fingerprint density at radius 2 is 0.528 bits per heavy atom. The van der Waals surface area contributed by atoms with E-state index in [1.165, 1.54) is 24.8 Å². The maximum atomic E-state index is 10.4. The number of hydrogen-bond acceptors (Lipinski definition) is 8. The van der Waals surface area contributed by atoms with E-state index in [1.807, 2.05) is 0 Å². The van der Waals surface area contributed by atoms with E-state index in [2.05, 4.69) is 19.9 Å². The van der Waals surface area contributed by atoms with Crippen LogP contribution in [0.5, 0.6) is 0 Å². The number of nitrogens with zero attached hydrogens (tertiary/aromatic N) is 4. The number of nitrogens with two attached hydrogens (primary N) is 4. The van der Waals surface area contributed by atoms with Gasteiger partial charge in [-0.15, -0.1) is 0 Å². The number of carbonyl (C=O) groups excluding carboxylic acids is 4. The Balaban J connectivity index is -0.000000173. The van der Waals surface area contributed by atoms with Crippen LogP contribution in [0, 0.1) is 0 Å². The fourth-order valence-corrected chi connectivity index (χ4v) is 2.03. The molecule has 29 heteroatoms. The molecule has 4 aromatic heterocycles. The summed E-state index contributed by atoms with van der Waals surface area (Å²) in [6.45, 7) is 0. The van der Waals surface area contributed by atoms with Crippen LogP contribution in [-0.4, -0.2) is 54.5 Å². The Morgan fingerprint density at radius 1 is 0.396 bits per heavy atom. The summed E-state index contributed by atoms with van der Waals surface area (Å²) in [7, 11) is -21.3. The molecule has 14 nitrogen and oxygen atoms in total. The van der Waals surface area contributed by atoms with Crippen LogP contribution in [0.25, 0.3) is 0 Å². The van der Waals surface area contributed by atoms with Gasteiger partial charge in [0.25, 0.3) is 0 Å². The number of hydrogen-bond donors (Lipinski definition) is 4. The Kier molecular flexibility index (Phi) is 22.7. The molecule has 0 bridgehead atoms. The van der Waals surface area contributed by atoms with E-state index in [4.69, 9.17) is 22.9 Å². The molecule has 0 aliphatic carbocycles. The second-order valence-corrected chi connectivity index (χ2v) is 12.2. The molecule has 0 aliphatic heterocycles. The van der Waals surface area contributed by atoms with Crippen LogP contribution in [0.3, 0.4) is 0 Å². The number of halogens is 12. The summed E-state index contributed by atoms with van der Waals surface area (Å²) in [6, 6.07) is 13.1. The molecule has 4 heterocycles. The van der Waals surface area contributed by atoms with Crippen molar-refractivity contribution in [2.75, 3.05) is 0 Å². The van der Waals surface area contributed by atoms with Crippen molar-refractivity contribution < 1.29 is 102 Å². The second-order valence-electron chi connectivity index (χ2n) is 8.34. The molecule has 4 rings (SSSR count). The molecular weight excluding hydrogens is 981 g/mol. The molecule has 0 radical (unpaired) electrons. The Labute approximate surface area is 303 Å². The van der Waals surface area contributed by atoms with Gasteiger partial charge in [0, 0.05) is 49.6 Å². The van der Waals surface area contributed by atoms with Crippen LogP contribution >= 0.6 is 15.6 Å². The van der Waals surface area contributed by atoms with Crippen LogP contribution in [-0.2, 0) is 21.1 Å². The number of pyridine rings is 4. The molecule has 53 heavy (non-hydrogen) atoms. The van der Waals surface area contributed by atoms with E-state index in [0.717, 1.165) is 0 Å². The van der Waals surface area contributed by atoms with Crippen molar-refractivity contribution in [3.8, 4) is 0 Å². The maximum absolute atomic E-state index is 10.7. The standard InChI is InChI=1S/4C6H6N2O.2F6P.2H2O.Pt/c4*7-6(9)5-2-1-3-8-4-5;2*1-7(2,3,4,5)6;;;/h4*1-4H,(H2,7,9);;;2*1H2;/q;;;;2*-1;;;+2. The summed E-state index contributed by atoms with van der Waals surface area (Å²) < 4.78 is 118. The molecule has 0 aliphatic rings. The van der Waals surface area contributed by atoms with E-state index in [9.17, 15) is 69.5 Å². The SMILES string of the molecule is F[P-](F)(F)(F)(F)F.F[P-](F)(F)(F)(F)F.NC(=O)c1cccnc1.NC(=O)c1cccnc1.NC(=O)c1cccnc1.NC(=O)c1cccnc1.O.O.[Pt+2]. The summed E-state index contributed by atoms with van der Waals surface area (Å²) in [4.78, 5) is 56.4. The number of primary amides is 4. The van der Waals surface area contributed by atoms with Gasteiger partial charge in [-0.25, -0.2) is 0 Å². The monoisotopic (exact) mass is 1010 g/mol. The van der Waals surface area contributed by atoms with Crippen molar-refractivity contribution in [3.05, 3.63) is 120 Å². The van der Waals surface area contributed by atoms with E-state index in [-0.39, 0.29) is 32.0 Å². The molecule has 4 amide bonds. The average molecular weight is 1010 g/mol. The van der Waals surface area contributed by atoms with Crippen molar-refractivity contribution in [2.45, 2.75) is 0 Å². The van der Waals surface area contributed by atoms with Crippen LogP contribution in [0.1, 0.15) is 41.4 Å². The third kappa shape index (κ3) is 51.6. The van der Waals surface area contributed by atoms with Gasteiger partial charge in [-0.1, -0.05) is 0 Å². The van der Waals surface area contributed by atoms with Crippen LogP contribution < -0.4 is 22.9 Å². The maximum Gasteiger partial charge on any atom is 2.00 e. The van der Waals surface area contributed by atoms with Gasteiger partial charge in [-0.3, -0.25) is 39.1 Å². The van der Waals surface area contributed by atoms with Crippen LogP contribution in [0.2, 0.25) is 0 Å². The van der Waals surface area contributed by atoms with E-state index < -0.39 is 39.2 Å². The van der Waals surface area contributed by atoms with Crippen molar-refractivity contribution >= 4 is 39.2 Å². The van der Waals surface area contributed by atoms with Gasteiger partial charge in [-0.05, 0) is 48.5 Å². The van der Waals surface area contributed by atoms with Gasteiger partial charge < -0.3 is 33.9 Å². The summed E-state index contributed by atoms with van der Waals surface area (Å²) in [5, 5.41) is 0. The second kappa shape index (κ2) is 21.0. The molecular formula is C24H28F12N8O6P2Pt. The molecule has 0 unspecified atom stereocenters. The minimum absolute atomic E-state index is 0. The molecule has 0 spiro atoms. The number of aromatic nitrogens is 4. The third-order valence-corrected chi connectivity index (χ3v) is 3.78. The summed E-state index contributed by atoms with van der Waals surface area (Å²) in [5.74, 6) is -1.77. The first-order chi connectivity index (χ1) is 22.1. The zero-order valence-electron chi connectivity index (χ0n) is 25.7. The van der Waals surface area contributed by atoms with E-state index in [0.29, 0.717) is 22.3 Å². The van der Waals surface area contributed by atoms with Gasteiger partial charge in [0.05, 0.1) is 22.3 Å². The Bertz CT molecular complexity index is 1440. The normalized spacial score (nSPS) is 12.2. The Hall–Kier alpha value is -4.89. The topological polar surface area (TPSA) is 287 Å². The fraction of sp³-hybridized carbons (Fsp3) is 0. The quantitative estimate of drug-likeness (QED) is 0.142. The molecule has 12 N–H and O–H groups in total. The molecule has 0 fully saturated rings. The molecule has 0 atom stereocenters. The first kappa shape index (κ1) is 57.5. The first-order valence-corrected chi connectivity index (χ1v) is 16.1. The van der Waals surface area contributed by atoms with Crippen molar-refractivity contribution in [3.63, 3.8) is 0 Å². The predicted octanol–water partition coefficient (Wildman–Crippen LogP) is 5.83. The minimum Gasteiger partial charge on any atom is -0.412 e. The molecule has 0 saturated heterocycles. The van der Waals surface area contributed by atoms with Crippen molar-refractivity contribution in [2.24, 2.45) is 22.9 Å². The average Bonchev–Trinajstić information content (AvgIpc) is 2.97. The van der Waals surface area contributed by atoms with Gasteiger partial charge in [0.2, 0.25) is 23.6 Å². The van der Waals surface area contributed by atoms with E-state index >= 15 is 0 Å². The fourth-order valence-electron chi connectivity index (χ4n) is 2.03. The van der Waals surface area contributed by atoms with Crippen molar-refractivity contribution in [1.29, 1.82) is 0 Å². The number of rotatable bonds is 4. The van der Waals surface area contributed by atoms with Gasteiger partial charge >= 0.3 is 87.0 Å². The summed E-state index contributed by atoms with van der Waals surface area (Å²) in [5.41, 5.74) is 21.5. The van der Waals surface area contributed by atoms with E-state index in [1.54, 1.807) is 73.3 Å². The number of amides is 4. The first-order valence-electron chi connectivity index (χ1n) is 12.0.